The Kier molecular flexibility index (Phi) is 8.62. The van der Waals surface area contributed by atoms with Crippen molar-refractivity contribution >= 4 is 65.6 Å². The van der Waals surface area contributed by atoms with E-state index in [1.165, 1.54) is 53.6 Å². The van der Waals surface area contributed by atoms with E-state index in [1.807, 2.05) is 11.3 Å². The van der Waals surface area contributed by atoms with Crippen LogP contribution in [0.25, 0.3) is 42.4 Å². The van der Waals surface area contributed by atoms with E-state index in [2.05, 4.69) is 252 Å². The number of fused-ring (bicyclic) bond motifs is 12. The average Bonchev–Trinajstić information content (AvgIpc) is 3.88. The van der Waals surface area contributed by atoms with Gasteiger partial charge in [-0.3, -0.25) is 0 Å². The minimum absolute atomic E-state index is 0.703. The SMILES string of the molecule is c1ccc(-c2ccc(N(c3ccc4c(c3)-c3ccccc3C43c4ccccc4Oc4cccc(N(c5ccccc5)c5ccccc5)c43)c3ccc4c(c3)sc3ccccc34)cc2)cc1. The molecule has 0 amide bonds. The van der Waals surface area contributed by atoms with Crippen LogP contribution in [0.2, 0.25) is 0 Å². The molecule has 2 heterocycles. The van der Waals surface area contributed by atoms with Crippen molar-refractivity contribution in [2.45, 2.75) is 5.41 Å². The van der Waals surface area contributed by atoms with Gasteiger partial charge in [0.15, 0.2) is 0 Å². The smallest absolute Gasteiger partial charge is 0.134 e. The monoisotopic (exact) mass is 848 g/mol. The van der Waals surface area contributed by atoms with E-state index in [0.29, 0.717) is 0 Å². The topological polar surface area (TPSA) is 15.7 Å². The van der Waals surface area contributed by atoms with E-state index in [-0.39, 0.29) is 0 Å². The Morgan fingerprint density at radius 1 is 0.338 bits per heavy atom. The molecule has 0 N–H and O–H groups in total. The van der Waals surface area contributed by atoms with Gasteiger partial charge in [0.1, 0.15) is 11.5 Å². The van der Waals surface area contributed by atoms with Gasteiger partial charge < -0.3 is 14.5 Å². The van der Waals surface area contributed by atoms with Gasteiger partial charge in [0.25, 0.3) is 0 Å². The molecule has 4 heteroatoms. The Morgan fingerprint density at radius 3 is 1.68 bits per heavy atom. The highest BCUT2D eigenvalue weighted by molar-refractivity contribution is 7.25. The first-order chi connectivity index (χ1) is 32.2. The lowest BCUT2D eigenvalue weighted by Crippen LogP contribution is -2.34. The molecule has 0 saturated carbocycles. The molecular formula is C61H40N2OS. The number of rotatable bonds is 7. The Labute approximate surface area is 382 Å². The molecule has 1 atom stereocenters. The highest BCUT2D eigenvalue weighted by atomic mass is 32.1. The van der Waals surface area contributed by atoms with Gasteiger partial charge in [0.05, 0.1) is 11.1 Å². The van der Waals surface area contributed by atoms with E-state index in [0.717, 1.165) is 56.8 Å². The lowest BCUT2D eigenvalue weighted by atomic mass is 9.65. The van der Waals surface area contributed by atoms with Crippen molar-refractivity contribution < 1.29 is 4.74 Å². The molecule has 0 saturated heterocycles. The summed E-state index contributed by atoms with van der Waals surface area (Å²) in [6.07, 6.45) is 0. The van der Waals surface area contributed by atoms with Crippen LogP contribution < -0.4 is 14.5 Å². The molecule has 1 aliphatic heterocycles. The first-order valence-corrected chi connectivity index (χ1v) is 23.0. The van der Waals surface area contributed by atoms with E-state index >= 15 is 0 Å². The second-order valence-electron chi connectivity index (χ2n) is 16.8. The molecule has 10 aromatic carbocycles. The zero-order valence-electron chi connectivity index (χ0n) is 35.3. The molecule has 11 aromatic rings. The molecule has 13 rings (SSSR count). The zero-order valence-corrected chi connectivity index (χ0v) is 36.1. The number of hydrogen-bond acceptors (Lipinski definition) is 4. The number of nitrogens with zero attached hydrogens (tertiary/aromatic N) is 2. The molecule has 3 nitrogen and oxygen atoms in total. The van der Waals surface area contributed by atoms with Gasteiger partial charge in [0, 0.05) is 59.7 Å². The predicted octanol–water partition coefficient (Wildman–Crippen LogP) is 17.1. The summed E-state index contributed by atoms with van der Waals surface area (Å²) < 4.78 is 9.57. The molecular weight excluding hydrogens is 809 g/mol. The Balaban J connectivity index is 1.06. The maximum atomic E-state index is 7.00. The van der Waals surface area contributed by atoms with Crippen LogP contribution in [0.3, 0.4) is 0 Å². The van der Waals surface area contributed by atoms with E-state index in [9.17, 15) is 0 Å². The molecule has 0 radical (unpaired) electrons. The van der Waals surface area contributed by atoms with Crippen LogP contribution in [0.15, 0.2) is 243 Å². The lowest BCUT2D eigenvalue weighted by molar-refractivity contribution is 0.437. The Hall–Kier alpha value is -8.18. The van der Waals surface area contributed by atoms with Crippen molar-refractivity contribution in [3.63, 3.8) is 0 Å². The summed E-state index contributed by atoms with van der Waals surface area (Å²) in [6.45, 7) is 0. The summed E-state index contributed by atoms with van der Waals surface area (Å²) in [5.74, 6) is 1.72. The number of ether oxygens (including phenoxy) is 1. The third-order valence-corrected chi connectivity index (χ3v) is 14.4. The average molecular weight is 849 g/mol. The van der Waals surface area contributed by atoms with Crippen molar-refractivity contribution in [2.24, 2.45) is 0 Å². The fourth-order valence-corrected chi connectivity index (χ4v) is 11.7. The molecule has 1 aliphatic carbocycles. The van der Waals surface area contributed by atoms with Crippen LogP contribution in [0.5, 0.6) is 11.5 Å². The first-order valence-electron chi connectivity index (χ1n) is 22.2. The summed E-state index contributed by atoms with van der Waals surface area (Å²) in [6, 6.07) is 88.0. The maximum Gasteiger partial charge on any atom is 0.134 e. The van der Waals surface area contributed by atoms with E-state index < -0.39 is 5.41 Å². The summed E-state index contributed by atoms with van der Waals surface area (Å²) in [4.78, 5) is 4.81. The van der Waals surface area contributed by atoms with Crippen LogP contribution >= 0.6 is 11.3 Å². The van der Waals surface area contributed by atoms with Crippen LogP contribution in [0, 0.1) is 0 Å². The van der Waals surface area contributed by atoms with Crippen molar-refractivity contribution in [1.82, 2.24) is 0 Å². The van der Waals surface area contributed by atoms with Crippen molar-refractivity contribution in [1.29, 1.82) is 0 Å². The second-order valence-corrected chi connectivity index (χ2v) is 17.9. The number of benzene rings is 10. The molecule has 1 unspecified atom stereocenters. The van der Waals surface area contributed by atoms with Gasteiger partial charge >= 0.3 is 0 Å². The Bertz CT molecular complexity index is 3540. The molecule has 2 aliphatic rings. The van der Waals surface area contributed by atoms with Crippen LogP contribution in [0.4, 0.5) is 34.1 Å². The molecule has 65 heavy (non-hydrogen) atoms. The fourth-order valence-electron chi connectivity index (χ4n) is 10.6. The van der Waals surface area contributed by atoms with Crippen molar-refractivity contribution in [2.75, 3.05) is 9.80 Å². The molecule has 1 aromatic heterocycles. The van der Waals surface area contributed by atoms with Crippen molar-refractivity contribution in [3.05, 3.63) is 265 Å². The van der Waals surface area contributed by atoms with Crippen molar-refractivity contribution in [3.8, 4) is 33.8 Å². The normalized spacial score (nSPS) is 14.3. The third-order valence-electron chi connectivity index (χ3n) is 13.3. The first kappa shape index (κ1) is 37.4. The fraction of sp³-hybridized carbons (Fsp3) is 0.0164. The molecule has 0 bridgehead atoms. The number of anilines is 6. The van der Waals surface area contributed by atoms with Gasteiger partial charge in [-0.25, -0.2) is 0 Å². The highest BCUT2D eigenvalue weighted by Gasteiger charge is 2.53. The summed E-state index contributed by atoms with van der Waals surface area (Å²) in [5, 5.41) is 2.58. The minimum atomic E-state index is -0.703. The largest absolute Gasteiger partial charge is 0.457 e. The standard InChI is InChI=1S/C61H40N2OS/c1-4-17-41(18-5-1)42-31-33-45(34-32-42)62(47-35-37-50-49-24-11-15-30-58(49)65-59(50)40-47)46-36-38-53-51(39-46)48-23-10-12-25-52(48)61(53)54-26-13-14-28-56(54)64-57-29-16-27-55(60(57)61)63(43-19-6-2-7-20-43)44-21-8-3-9-22-44/h1-40H. The summed E-state index contributed by atoms with van der Waals surface area (Å²) in [5.41, 5.74) is 15.3. The quantitative estimate of drug-likeness (QED) is 0.159. The highest BCUT2D eigenvalue weighted by Crippen LogP contribution is 2.65. The minimum Gasteiger partial charge on any atom is -0.457 e. The summed E-state index contributed by atoms with van der Waals surface area (Å²) in [7, 11) is 0. The van der Waals surface area contributed by atoms with Gasteiger partial charge in [-0.05, 0) is 118 Å². The molecule has 1 spiro atoms. The number of hydrogen-bond donors (Lipinski definition) is 0. The van der Waals surface area contributed by atoms with E-state index in [4.69, 9.17) is 4.74 Å². The molecule has 306 valence electrons. The molecule has 0 fully saturated rings. The number of thiophene rings is 1. The number of para-hydroxylation sites is 3. The maximum absolute atomic E-state index is 7.00. The van der Waals surface area contributed by atoms with E-state index in [1.54, 1.807) is 0 Å². The van der Waals surface area contributed by atoms with Gasteiger partial charge in [0.2, 0.25) is 0 Å². The van der Waals surface area contributed by atoms with Gasteiger partial charge in [-0.15, -0.1) is 11.3 Å². The third kappa shape index (κ3) is 5.81. The van der Waals surface area contributed by atoms with Gasteiger partial charge in [-0.2, -0.15) is 0 Å². The summed E-state index contributed by atoms with van der Waals surface area (Å²) >= 11 is 1.85. The van der Waals surface area contributed by atoms with Crippen LogP contribution in [0.1, 0.15) is 22.3 Å². The van der Waals surface area contributed by atoms with Crippen LogP contribution in [-0.2, 0) is 5.41 Å². The zero-order chi connectivity index (χ0) is 42.9. The lowest BCUT2D eigenvalue weighted by Gasteiger charge is -2.42. The predicted molar refractivity (Wildman–Crippen MR) is 272 cm³/mol. The Morgan fingerprint density at radius 2 is 0.892 bits per heavy atom. The van der Waals surface area contributed by atoms with Crippen LogP contribution in [-0.4, -0.2) is 0 Å². The van der Waals surface area contributed by atoms with Gasteiger partial charge in [-0.1, -0.05) is 158 Å². The second kappa shape index (κ2) is 15.0.